The molecule has 2 aromatic heterocycles. The van der Waals surface area contributed by atoms with Crippen molar-refractivity contribution in [1.82, 2.24) is 15.3 Å². The van der Waals surface area contributed by atoms with Gasteiger partial charge in [0.25, 0.3) is 0 Å². The second kappa shape index (κ2) is 10.5. The maximum atomic E-state index is 12.4. The molecule has 34 heavy (non-hydrogen) atoms. The number of carbonyl (C=O) groups excluding carboxylic acids is 2. The van der Waals surface area contributed by atoms with Crippen LogP contribution in [0.2, 0.25) is 0 Å². The lowest BCUT2D eigenvalue weighted by Gasteiger charge is -2.26. The number of anilines is 1. The van der Waals surface area contributed by atoms with Gasteiger partial charge in [0.15, 0.2) is 23.6 Å². The van der Waals surface area contributed by atoms with E-state index in [0.29, 0.717) is 29.2 Å². The minimum atomic E-state index is -1.20. The monoisotopic (exact) mass is 468 g/mol. The topological polar surface area (TPSA) is 153 Å². The third-order valence-corrected chi connectivity index (χ3v) is 4.77. The van der Waals surface area contributed by atoms with Gasteiger partial charge in [-0.05, 0) is 38.1 Å². The Bertz CT molecular complexity index is 1180. The van der Waals surface area contributed by atoms with Crippen LogP contribution in [0.4, 0.5) is 5.69 Å². The number of ether oxygens (including phenoxy) is 2. The van der Waals surface area contributed by atoms with Gasteiger partial charge in [-0.1, -0.05) is 0 Å². The van der Waals surface area contributed by atoms with Crippen molar-refractivity contribution < 1.29 is 33.4 Å². The first kappa shape index (κ1) is 24.2. The number of nitrogens with one attached hydrogen (secondary N) is 2. The van der Waals surface area contributed by atoms with Crippen molar-refractivity contribution in [3.05, 3.63) is 54.8 Å². The zero-order valence-electron chi connectivity index (χ0n) is 18.8. The highest BCUT2D eigenvalue weighted by Gasteiger charge is 2.25. The Morgan fingerprint density at radius 2 is 1.94 bits per heavy atom. The zero-order valence-corrected chi connectivity index (χ0v) is 18.8. The second-order valence-corrected chi connectivity index (χ2v) is 7.83. The average Bonchev–Trinajstić information content (AvgIpc) is 3.33. The van der Waals surface area contributed by atoms with Crippen molar-refractivity contribution in [3.63, 3.8) is 0 Å². The highest BCUT2D eigenvalue weighted by Crippen LogP contribution is 2.32. The van der Waals surface area contributed by atoms with Gasteiger partial charge in [0.2, 0.25) is 0 Å². The van der Waals surface area contributed by atoms with Crippen molar-refractivity contribution in [2.45, 2.75) is 25.8 Å². The summed E-state index contributed by atoms with van der Waals surface area (Å²) < 4.78 is 16.1. The van der Waals surface area contributed by atoms with Gasteiger partial charge in [-0.3, -0.25) is 9.59 Å². The first-order chi connectivity index (χ1) is 16.2. The van der Waals surface area contributed by atoms with Crippen LogP contribution in [-0.2, 0) is 9.59 Å². The van der Waals surface area contributed by atoms with Crippen LogP contribution in [0.15, 0.2) is 53.5 Å². The lowest BCUT2D eigenvalue weighted by molar-refractivity contribution is -0.137. The van der Waals surface area contributed by atoms with Gasteiger partial charge in [0, 0.05) is 29.9 Å². The summed E-state index contributed by atoms with van der Waals surface area (Å²) in [6, 6.07) is 7.91. The average molecular weight is 468 g/mol. The molecule has 2 heterocycles. The zero-order chi connectivity index (χ0) is 24.7. The summed E-state index contributed by atoms with van der Waals surface area (Å²) in [5.41, 5.74) is -0.00988. The standard InChI is InChI=1S/C23H24N4O7/c1-23(2,8-10-33-16-5-4-9-25-19(16)22(30)31)27-21(29)20(28)26-14-6-7-15(17(11-14)32-3)18-12-24-13-34-18/h4-7,9,11-13H,8,10H2,1-3H3,(H,26,28)(H,27,29)(H,30,31). The van der Waals surface area contributed by atoms with E-state index in [1.807, 2.05) is 0 Å². The van der Waals surface area contributed by atoms with Crippen LogP contribution < -0.4 is 20.1 Å². The molecule has 11 nitrogen and oxygen atoms in total. The highest BCUT2D eigenvalue weighted by molar-refractivity contribution is 6.39. The lowest BCUT2D eigenvalue weighted by Crippen LogP contribution is -2.48. The number of hydrogen-bond acceptors (Lipinski definition) is 8. The molecular weight excluding hydrogens is 444 g/mol. The predicted molar refractivity (Wildman–Crippen MR) is 121 cm³/mol. The summed E-state index contributed by atoms with van der Waals surface area (Å²) in [6.07, 6.45) is 4.49. The SMILES string of the molecule is COc1cc(NC(=O)C(=O)NC(C)(C)CCOc2cccnc2C(=O)O)ccc1-c1cnco1. The first-order valence-electron chi connectivity index (χ1n) is 10.2. The van der Waals surface area contributed by atoms with E-state index >= 15 is 0 Å². The lowest BCUT2D eigenvalue weighted by atomic mass is 10.0. The molecule has 2 amide bonds. The van der Waals surface area contributed by atoms with Gasteiger partial charge < -0.3 is 29.6 Å². The van der Waals surface area contributed by atoms with Crippen molar-refractivity contribution in [2.24, 2.45) is 0 Å². The number of aromatic nitrogens is 2. The Kier molecular flexibility index (Phi) is 7.46. The summed E-state index contributed by atoms with van der Waals surface area (Å²) in [7, 11) is 1.48. The van der Waals surface area contributed by atoms with Crippen LogP contribution in [0, 0.1) is 0 Å². The van der Waals surface area contributed by atoms with Crippen LogP contribution in [0.5, 0.6) is 11.5 Å². The summed E-state index contributed by atoms with van der Waals surface area (Å²) >= 11 is 0. The summed E-state index contributed by atoms with van der Waals surface area (Å²) in [4.78, 5) is 43.7. The van der Waals surface area contributed by atoms with Crippen LogP contribution in [0.1, 0.15) is 30.8 Å². The molecule has 11 heteroatoms. The number of aromatic carboxylic acids is 1. The van der Waals surface area contributed by atoms with E-state index < -0.39 is 23.3 Å². The summed E-state index contributed by atoms with van der Waals surface area (Å²) in [5, 5.41) is 14.3. The second-order valence-electron chi connectivity index (χ2n) is 7.83. The smallest absolute Gasteiger partial charge is 0.358 e. The fourth-order valence-corrected chi connectivity index (χ4v) is 3.02. The maximum absolute atomic E-state index is 12.4. The van der Waals surface area contributed by atoms with Crippen molar-refractivity contribution in [1.29, 1.82) is 0 Å². The van der Waals surface area contributed by atoms with Gasteiger partial charge in [-0.25, -0.2) is 14.8 Å². The normalized spacial score (nSPS) is 10.9. The van der Waals surface area contributed by atoms with Gasteiger partial charge in [0.05, 0.1) is 25.5 Å². The van der Waals surface area contributed by atoms with E-state index in [1.165, 1.54) is 32.0 Å². The van der Waals surface area contributed by atoms with Gasteiger partial charge >= 0.3 is 17.8 Å². The largest absolute Gasteiger partial charge is 0.496 e. The number of carbonyl (C=O) groups is 3. The Morgan fingerprint density at radius 3 is 2.62 bits per heavy atom. The number of pyridine rings is 1. The number of hydrogen-bond donors (Lipinski definition) is 3. The Morgan fingerprint density at radius 1 is 1.15 bits per heavy atom. The fourth-order valence-electron chi connectivity index (χ4n) is 3.02. The minimum absolute atomic E-state index is 0.0984. The van der Waals surface area contributed by atoms with E-state index in [9.17, 15) is 14.4 Å². The molecule has 0 bridgehead atoms. The highest BCUT2D eigenvalue weighted by atomic mass is 16.5. The molecule has 3 rings (SSSR count). The first-order valence-corrected chi connectivity index (χ1v) is 10.2. The molecule has 0 saturated carbocycles. The van der Waals surface area contributed by atoms with Crippen molar-refractivity contribution in [2.75, 3.05) is 19.0 Å². The van der Waals surface area contributed by atoms with Gasteiger partial charge in [-0.2, -0.15) is 0 Å². The van der Waals surface area contributed by atoms with Gasteiger partial charge in [0.1, 0.15) is 5.75 Å². The van der Waals surface area contributed by atoms with E-state index in [2.05, 4.69) is 20.6 Å². The van der Waals surface area contributed by atoms with Crippen molar-refractivity contribution >= 4 is 23.5 Å². The molecule has 3 aromatic rings. The van der Waals surface area contributed by atoms with Gasteiger partial charge in [-0.15, -0.1) is 0 Å². The number of benzene rings is 1. The Labute approximate surface area is 195 Å². The number of carboxylic acids is 1. The molecular formula is C23H24N4O7. The molecule has 0 atom stereocenters. The quantitative estimate of drug-likeness (QED) is 0.402. The molecule has 0 saturated heterocycles. The minimum Gasteiger partial charge on any atom is -0.496 e. The summed E-state index contributed by atoms with van der Waals surface area (Å²) in [6.45, 7) is 3.54. The van der Waals surface area contributed by atoms with Crippen LogP contribution in [0.3, 0.4) is 0 Å². The Hall–Kier alpha value is -4.41. The van der Waals surface area contributed by atoms with Crippen molar-refractivity contribution in [3.8, 4) is 22.8 Å². The Balaban J connectivity index is 1.56. The fraction of sp³-hybridized carbons (Fsp3) is 0.261. The number of amides is 2. The third-order valence-electron chi connectivity index (χ3n) is 4.77. The van der Waals surface area contributed by atoms with Crippen LogP contribution in [0.25, 0.3) is 11.3 Å². The molecule has 0 aliphatic heterocycles. The number of rotatable bonds is 9. The molecule has 0 fully saturated rings. The molecule has 0 radical (unpaired) electrons. The van der Waals surface area contributed by atoms with Crippen LogP contribution >= 0.6 is 0 Å². The maximum Gasteiger partial charge on any atom is 0.358 e. The number of methoxy groups -OCH3 is 1. The van der Waals surface area contributed by atoms with Crippen LogP contribution in [-0.4, -0.2) is 52.1 Å². The number of oxazole rings is 1. The van der Waals surface area contributed by atoms with E-state index in [1.54, 1.807) is 38.1 Å². The van der Waals surface area contributed by atoms with E-state index in [-0.39, 0.29) is 18.1 Å². The molecule has 1 aromatic carbocycles. The molecule has 3 N–H and O–H groups in total. The predicted octanol–water partition coefficient (Wildman–Crippen LogP) is 2.75. The third kappa shape index (κ3) is 6.09. The molecule has 0 aliphatic rings. The molecule has 0 unspecified atom stereocenters. The van der Waals surface area contributed by atoms with E-state index in [4.69, 9.17) is 19.0 Å². The molecule has 0 aliphatic carbocycles. The number of carboxylic acid groups (broad SMARTS) is 1. The molecule has 178 valence electrons. The van der Waals surface area contributed by atoms with E-state index in [0.717, 1.165) is 0 Å². The summed E-state index contributed by atoms with van der Waals surface area (Å²) in [5.74, 6) is -1.84. The molecule has 0 spiro atoms. The number of nitrogens with zero attached hydrogens (tertiary/aromatic N) is 2.